The molecular formula is C19H21FN6O3S. The minimum absolute atomic E-state index is 0.0122. The molecule has 158 valence electrons. The molecule has 0 bridgehead atoms. The van der Waals surface area contributed by atoms with Gasteiger partial charge in [-0.15, -0.1) is 10.2 Å². The normalized spacial score (nSPS) is 11.1. The first-order valence-electron chi connectivity index (χ1n) is 9.14. The van der Waals surface area contributed by atoms with E-state index in [9.17, 15) is 12.8 Å². The molecule has 0 atom stereocenters. The quantitative estimate of drug-likeness (QED) is 0.418. The van der Waals surface area contributed by atoms with Gasteiger partial charge in [-0.3, -0.25) is 4.98 Å². The summed E-state index contributed by atoms with van der Waals surface area (Å²) < 4.78 is 46.0. The third-order valence-electron chi connectivity index (χ3n) is 3.84. The average molecular weight is 432 g/mol. The third kappa shape index (κ3) is 5.84. The summed E-state index contributed by atoms with van der Waals surface area (Å²) in [5.41, 5.74) is 0.785. The van der Waals surface area contributed by atoms with Gasteiger partial charge in [-0.05, 0) is 49.4 Å². The Morgan fingerprint density at radius 3 is 2.53 bits per heavy atom. The molecule has 3 N–H and O–H groups in total. The highest BCUT2D eigenvalue weighted by Gasteiger charge is 2.16. The van der Waals surface area contributed by atoms with Gasteiger partial charge in [0.1, 0.15) is 5.82 Å². The smallest absolute Gasteiger partial charge is 0.240 e. The summed E-state index contributed by atoms with van der Waals surface area (Å²) >= 11 is 0. The molecule has 11 heteroatoms. The van der Waals surface area contributed by atoms with Crippen LogP contribution in [-0.4, -0.2) is 43.3 Å². The number of halogens is 1. The molecule has 0 aliphatic carbocycles. The van der Waals surface area contributed by atoms with E-state index in [1.54, 1.807) is 37.5 Å². The summed E-state index contributed by atoms with van der Waals surface area (Å²) in [6.07, 6.45) is 3.33. The van der Waals surface area contributed by atoms with Crippen molar-refractivity contribution in [1.82, 2.24) is 19.9 Å². The fraction of sp³-hybridized carbons (Fsp3) is 0.211. The Bertz CT molecular complexity index is 1070. The number of pyridine rings is 1. The van der Waals surface area contributed by atoms with Crippen LogP contribution in [0.25, 0.3) is 0 Å². The van der Waals surface area contributed by atoms with Gasteiger partial charge < -0.3 is 15.4 Å². The second kappa shape index (κ2) is 9.94. The molecule has 0 unspecified atom stereocenters. The van der Waals surface area contributed by atoms with Gasteiger partial charge in [0.15, 0.2) is 17.4 Å². The molecule has 3 aromatic rings. The number of hydrogen-bond donors (Lipinski definition) is 3. The fourth-order valence-electron chi connectivity index (χ4n) is 2.46. The Labute approximate surface area is 173 Å². The van der Waals surface area contributed by atoms with Crippen molar-refractivity contribution in [3.8, 4) is 5.75 Å². The van der Waals surface area contributed by atoms with E-state index in [1.807, 2.05) is 6.07 Å². The minimum atomic E-state index is -3.85. The van der Waals surface area contributed by atoms with Crippen LogP contribution in [-0.2, 0) is 10.0 Å². The summed E-state index contributed by atoms with van der Waals surface area (Å²) in [5.74, 6) is 0.316. The zero-order valence-corrected chi connectivity index (χ0v) is 17.0. The summed E-state index contributed by atoms with van der Waals surface area (Å²) in [4.78, 5) is 3.83. The number of nitrogens with zero attached hydrogens (tertiary/aromatic N) is 3. The lowest BCUT2D eigenvalue weighted by Crippen LogP contribution is -2.29. The monoisotopic (exact) mass is 432 g/mol. The van der Waals surface area contributed by atoms with Gasteiger partial charge in [0.2, 0.25) is 10.0 Å². The lowest BCUT2D eigenvalue weighted by molar-refractivity contribution is 0.321. The second-order valence-corrected chi connectivity index (χ2v) is 7.79. The minimum Gasteiger partial charge on any atom is -0.491 e. The van der Waals surface area contributed by atoms with Crippen LogP contribution in [0, 0.1) is 5.82 Å². The van der Waals surface area contributed by atoms with Crippen molar-refractivity contribution in [2.45, 2.75) is 11.8 Å². The summed E-state index contributed by atoms with van der Waals surface area (Å²) in [5, 5.41) is 14.1. The molecule has 0 spiro atoms. The molecule has 0 aliphatic rings. The molecule has 2 aromatic heterocycles. The lowest BCUT2D eigenvalue weighted by Gasteiger charge is -2.10. The predicted molar refractivity (Wildman–Crippen MR) is 111 cm³/mol. The van der Waals surface area contributed by atoms with Crippen LogP contribution >= 0.6 is 0 Å². The van der Waals surface area contributed by atoms with Crippen molar-refractivity contribution in [1.29, 1.82) is 0 Å². The highest BCUT2D eigenvalue weighted by Crippen LogP contribution is 2.21. The third-order valence-corrected chi connectivity index (χ3v) is 5.29. The van der Waals surface area contributed by atoms with Gasteiger partial charge in [0, 0.05) is 19.3 Å². The number of ether oxygens (including phenoxy) is 1. The van der Waals surface area contributed by atoms with Gasteiger partial charge in [-0.2, -0.15) is 0 Å². The number of rotatable bonds is 10. The molecule has 9 nitrogen and oxygen atoms in total. The van der Waals surface area contributed by atoms with Crippen molar-refractivity contribution in [3.63, 3.8) is 0 Å². The van der Waals surface area contributed by atoms with Crippen molar-refractivity contribution >= 4 is 27.3 Å². The van der Waals surface area contributed by atoms with Crippen LogP contribution in [0.5, 0.6) is 5.75 Å². The summed E-state index contributed by atoms with van der Waals surface area (Å²) in [6, 6.07) is 10.6. The number of sulfonamides is 1. The largest absolute Gasteiger partial charge is 0.491 e. The maximum Gasteiger partial charge on any atom is 0.240 e. The highest BCUT2D eigenvalue weighted by molar-refractivity contribution is 7.89. The van der Waals surface area contributed by atoms with Crippen LogP contribution in [0.3, 0.4) is 0 Å². The standard InChI is InChI=1S/C19H21FN6O3S/c1-2-29-17-6-5-15(12-16(17)20)30(27,28)23-11-10-22-18-7-8-19(26-25-18)24-14-4-3-9-21-13-14/h3-9,12-13,23H,2,10-11H2,1H3,(H,22,25)(H,24,26). The molecule has 2 heterocycles. The van der Waals surface area contributed by atoms with Gasteiger partial charge in [0.05, 0.1) is 23.4 Å². The summed E-state index contributed by atoms with van der Waals surface area (Å²) in [7, 11) is -3.85. The molecule has 0 amide bonds. The number of hydrogen-bond acceptors (Lipinski definition) is 8. The molecular weight excluding hydrogens is 411 g/mol. The first kappa shape index (κ1) is 21.4. The fourth-order valence-corrected chi connectivity index (χ4v) is 3.50. The van der Waals surface area contributed by atoms with Crippen LogP contribution < -0.4 is 20.1 Å². The number of nitrogens with one attached hydrogen (secondary N) is 3. The first-order valence-corrected chi connectivity index (χ1v) is 10.6. The van der Waals surface area contributed by atoms with Gasteiger partial charge >= 0.3 is 0 Å². The Morgan fingerprint density at radius 1 is 1.07 bits per heavy atom. The number of benzene rings is 1. The van der Waals surface area contributed by atoms with Crippen molar-refractivity contribution in [3.05, 3.63) is 60.7 Å². The van der Waals surface area contributed by atoms with Crippen LogP contribution in [0.2, 0.25) is 0 Å². The Morgan fingerprint density at radius 2 is 1.87 bits per heavy atom. The van der Waals surface area contributed by atoms with E-state index >= 15 is 0 Å². The molecule has 0 fully saturated rings. The highest BCUT2D eigenvalue weighted by atomic mass is 32.2. The maximum atomic E-state index is 13.9. The van der Waals surface area contributed by atoms with Crippen LogP contribution in [0.15, 0.2) is 59.8 Å². The Balaban J connectivity index is 1.48. The molecule has 1 aromatic carbocycles. The van der Waals surface area contributed by atoms with Crippen molar-refractivity contribution < 1.29 is 17.5 Å². The molecule has 30 heavy (non-hydrogen) atoms. The summed E-state index contributed by atoms with van der Waals surface area (Å²) in [6.45, 7) is 2.35. The van der Waals surface area contributed by atoms with Crippen LogP contribution in [0.1, 0.15) is 6.92 Å². The SMILES string of the molecule is CCOc1ccc(S(=O)(=O)NCCNc2ccc(Nc3cccnc3)nn2)cc1F. The van der Waals surface area contributed by atoms with Crippen molar-refractivity contribution in [2.75, 3.05) is 30.3 Å². The van der Waals surface area contributed by atoms with Gasteiger partial charge in [0.25, 0.3) is 0 Å². The average Bonchev–Trinajstić information content (AvgIpc) is 2.75. The first-order chi connectivity index (χ1) is 14.5. The molecule has 0 radical (unpaired) electrons. The number of aromatic nitrogens is 3. The van der Waals surface area contributed by atoms with E-state index in [2.05, 4.69) is 30.5 Å². The van der Waals surface area contributed by atoms with E-state index in [0.717, 1.165) is 11.8 Å². The second-order valence-electron chi connectivity index (χ2n) is 6.02. The Kier molecular flexibility index (Phi) is 7.09. The number of anilines is 3. The zero-order valence-electron chi connectivity index (χ0n) is 16.2. The van der Waals surface area contributed by atoms with E-state index in [4.69, 9.17) is 4.74 Å². The van der Waals surface area contributed by atoms with Crippen molar-refractivity contribution in [2.24, 2.45) is 0 Å². The lowest BCUT2D eigenvalue weighted by atomic mass is 10.3. The molecule has 0 aliphatic heterocycles. The molecule has 3 rings (SSSR count). The predicted octanol–water partition coefficient (Wildman–Crippen LogP) is 2.54. The Hall–Kier alpha value is -3.31. The topological polar surface area (TPSA) is 118 Å². The van der Waals surface area contributed by atoms with Gasteiger partial charge in [-0.25, -0.2) is 17.5 Å². The zero-order chi connectivity index (χ0) is 21.4. The van der Waals surface area contributed by atoms with E-state index in [-0.39, 0.29) is 30.3 Å². The maximum absolute atomic E-state index is 13.9. The van der Waals surface area contributed by atoms with Gasteiger partial charge in [-0.1, -0.05) is 0 Å². The molecule has 0 saturated carbocycles. The van der Waals surface area contributed by atoms with E-state index in [0.29, 0.717) is 11.6 Å². The van der Waals surface area contributed by atoms with Crippen LogP contribution in [0.4, 0.5) is 21.7 Å². The van der Waals surface area contributed by atoms with E-state index in [1.165, 1.54) is 12.1 Å². The molecule has 0 saturated heterocycles. The van der Waals surface area contributed by atoms with E-state index < -0.39 is 15.8 Å².